The van der Waals surface area contributed by atoms with Crippen LogP contribution in [0.1, 0.15) is 98.1 Å². The molecule has 2 aromatic heterocycles. The third-order valence-electron chi connectivity index (χ3n) is 8.93. The molecule has 224 valence electrons. The highest BCUT2D eigenvalue weighted by atomic mass is 32.1. The number of ether oxygens (including phenoxy) is 1. The van der Waals surface area contributed by atoms with Gasteiger partial charge in [0, 0.05) is 27.3 Å². The highest BCUT2D eigenvalue weighted by Gasteiger charge is 2.26. The fraction of sp³-hybridized carbons (Fsp3) is 0.514. The van der Waals surface area contributed by atoms with Crippen molar-refractivity contribution in [3.63, 3.8) is 0 Å². The lowest BCUT2D eigenvalue weighted by atomic mass is 9.80. The second-order valence-corrected chi connectivity index (χ2v) is 14.0. The Bertz CT molecular complexity index is 1430. The molecule has 1 atom stereocenters. The van der Waals surface area contributed by atoms with Crippen molar-refractivity contribution in [2.75, 3.05) is 0 Å². The molecular formula is C35H44N2O4S. The van der Waals surface area contributed by atoms with Gasteiger partial charge in [-0.1, -0.05) is 45.9 Å². The van der Waals surface area contributed by atoms with Crippen molar-refractivity contribution < 1.29 is 19.4 Å². The number of thiophene rings is 1. The molecule has 1 saturated carbocycles. The van der Waals surface area contributed by atoms with Crippen LogP contribution in [0, 0.1) is 17.8 Å². The van der Waals surface area contributed by atoms with Gasteiger partial charge in [-0.2, -0.15) is 0 Å². The molecule has 2 aliphatic carbocycles. The number of carbonyl (C=O) groups excluding carboxylic acids is 1. The van der Waals surface area contributed by atoms with Gasteiger partial charge in [0.2, 0.25) is 0 Å². The number of hydrogen-bond donors (Lipinski definition) is 2. The molecule has 2 N–H and O–H groups in total. The van der Waals surface area contributed by atoms with Gasteiger partial charge in [0.25, 0.3) is 5.91 Å². The molecule has 0 radical (unpaired) electrons. The summed E-state index contributed by atoms with van der Waals surface area (Å²) in [5.74, 6) is 1.66. The monoisotopic (exact) mass is 588 g/mol. The van der Waals surface area contributed by atoms with Gasteiger partial charge in [-0.15, -0.1) is 11.3 Å². The van der Waals surface area contributed by atoms with Crippen LogP contribution in [-0.4, -0.2) is 34.1 Å². The summed E-state index contributed by atoms with van der Waals surface area (Å²) in [6.07, 6.45) is 12.2. The number of carbonyl (C=O) groups is 2. The van der Waals surface area contributed by atoms with Crippen LogP contribution in [0.15, 0.2) is 48.6 Å². The van der Waals surface area contributed by atoms with E-state index in [-0.39, 0.29) is 18.2 Å². The Morgan fingerprint density at radius 3 is 2.40 bits per heavy atom. The van der Waals surface area contributed by atoms with Crippen molar-refractivity contribution in [2.24, 2.45) is 17.8 Å². The number of carboxylic acid groups (broad SMARTS) is 1. The molecule has 3 aromatic rings. The largest absolute Gasteiger partial charge is 0.490 e. The summed E-state index contributed by atoms with van der Waals surface area (Å²) in [5, 5.41) is 14.6. The number of allylic oxidation sites excluding steroid dienone is 2. The number of carboxylic acids is 1. The van der Waals surface area contributed by atoms with E-state index in [1.54, 1.807) is 17.4 Å². The van der Waals surface area contributed by atoms with E-state index in [1.165, 1.54) is 17.7 Å². The molecule has 1 aromatic carbocycles. The van der Waals surface area contributed by atoms with Gasteiger partial charge in [0.05, 0.1) is 6.10 Å². The maximum absolute atomic E-state index is 13.4. The Morgan fingerprint density at radius 1 is 1.02 bits per heavy atom. The minimum Gasteiger partial charge on any atom is -0.490 e. The molecule has 42 heavy (non-hydrogen) atoms. The van der Waals surface area contributed by atoms with Crippen molar-refractivity contribution in [3.8, 4) is 5.75 Å². The molecule has 2 aliphatic rings. The van der Waals surface area contributed by atoms with E-state index in [9.17, 15) is 14.7 Å². The van der Waals surface area contributed by atoms with Gasteiger partial charge in [0.15, 0.2) is 0 Å². The second kappa shape index (κ2) is 13.4. The predicted molar refractivity (Wildman–Crippen MR) is 170 cm³/mol. The molecule has 2 heterocycles. The highest BCUT2D eigenvalue weighted by Crippen LogP contribution is 2.34. The molecular weight excluding hydrogens is 544 g/mol. The van der Waals surface area contributed by atoms with Gasteiger partial charge < -0.3 is 15.2 Å². The third kappa shape index (κ3) is 7.41. The number of aromatic nitrogens is 1. The lowest BCUT2D eigenvalue weighted by molar-refractivity contribution is -0.139. The van der Waals surface area contributed by atoms with Crippen molar-refractivity contribution in [1.29, 1.82) is 0 Å². The number of aliphatic carboxylic acids is 1. The molecule has 0 spiro atoms. The van der Waals surface area contributed by atoms with Crippen LogP contribution in [0.5, 0.6) is 5.75 Å². The summed E-state index contributed by atoms with van der Waals surface area (Å²) in [6, 6.07) is 10.8. The molecule has 7 heteroatoms. The minimum atomic E-state index is -1.05. The van der Waals surface area contributed by atoms with Crippen molar-refractivity contribution in [1.82, 2.24) is 10.3 Å². The van der Waals surface area contributed by atoms with Crippen LogP contribution < -0.4 is 10.1 Å². The maximum Gasteiger partial charge on any atom is 0.326 e. The van der Waals surface area contributed by atoms with E-state index in [2.05, 4.69) is 51.2 Å². The van der Waals surface area contributed by atoms with Crippen molar-refractivity contribution >= 4 is 34.0 Å². The SMILES string of the molecule is CC(C)c1ccc(C[C@H](NC(=O)c2cc3ccc(OC4CCC(C(C)C)CC4)cc3c(CC3CC=CC3)n2)C(=O)O)s1. The first-order valence-corrected chi connectivity index (χ1v) is 16.4. The van der Waals surface area contributed by atoms with Gasteiger partial charge in [-0.25, -0.2) is 9.78 Å². The molecule has 0 aliphatic heterocycles. The number of nitrogens with zero attached hydrogens (tertiary/aromatic N) is 1. The number of benzene rings is 1. The molecule has 0 unspecified atom stereocenters. The Kier molecular flexibility index (Phi) is 9.67. The average Bonchev–Trinajstić information content (AvgIpc) is 3.65. The first-order valence-electron chi connectivity index (χ1n) is 15.5. The predicted octanol–water partition coefficient (Wildman–Crippen LogP) is 7.95. The Morgan fingerprint density at radius 2 is 1.76 bits per heavy atom. The molecule has 1 fully saturated rings. The van der Waals surface area contributed by atoms with Crippen molar-refractivity contribution in [2.45, 2.75) is 97.1 Å². The zero-order valence-electron chi connectivity index (χ0n) is 25.3. The standard InChI is InChI=1S/C35H44N2O4S/c1-21(2)24-9-12-26(13-10-24)41-27-14-11-25-18-31(36-30(29(25)19-27)17-23-7-5-6-8-23)34(38)37-32(35(39)40)20-28-15-16-33(42-28)22(3)4/h5-6,11,14-16,18-19,21-24,26,32H,7-10,12-13,17,20H2,1-4H3,(H,37,38)(H,39,40)/t24?,26?,32-/m0/s1. The van der Waals surface area contributed by atoms with E-state index < -0.39 is 17.9 Å². The Hall–Kier alpha value is -3.19. The van der Waals surface area contributed by atoms with Gasteiger partial charge in [-0.3, -0.25) is 4.79 Å². The number of amides is 1. The van der Waals surface area contributed by atoms with Crippen LogP contribution in [0.25, 0.3) is 10.8 Å². The van der Waals surface area contributed by atoms with Crippen LogP contribution in [0.4, 0.5) is 0 Å². The van der Waals surface area contributed by atoms with Gasteiger partial charge in [0.1, 0.15) is 17.5 Å². The quantitative estimate of drug-likeness (QED) is 0.222. The number of nitrogens with one attached hydrogen (secondary N) is 1. The zero-order chi connectivity index (χ0) is 29.8. The summed E-state index contributed by atoms with van der Waals surface area (Å²) < 4.78 is 6.46. The third-order valence-corrected chi connectivity index (χ3v) is 10.3. The highest BCUT2D eigenvalue weighted by molar-refractivity contribution is 7.12. The molecule has 6 nitrogen and oxygen atoms in total. The second-order valence-electron chi connectivity index (χ2n) is 12.8. The topological polar surface area (TPSA) is 88.5 Å². The van der Waals surface area contributed by atoms with Crippen LogP contribution in [0.3, 0.4) is 0 Å². The summed E-state index contributed by atoms with van der Waals surface area (Å²) >= 11 is 1.60. The normalized spacial score (nSPS) is 20.0. The molecule has 5 rings (SSSR count). The number of hydrogen-bond acceptors (Lipinski definition) is 5. The summed E-state index contributed by atoms with van der Waals surface area (Å²) in [5.41, 5.74) is 1.12. The fourth-order valence-corrected chi connectivity index (χ4v) is 7.33. The van der Waals surface area contributed by atoms with Crippen LogP contribution in [-0.2, 0) is 17.6 Å². The summed E-state index contributed by atoms with van der Waals surface area (Å²) in [6.45, 7) is 8.85. The lowest BCUT2D eigenvalue weighted by Crippen LogP contribution is -2.42. The lowest BCUT2D eigenvalue weighted by Gasteiger charge is -2.31. The first kappa shape index (κ1) is 30.3. The first-order chi connectivity index (χ1) is 20.2. The molecule has 0 bridgehead atoms. The smallest absolute Gasteiger partial charge is 0.326 e. The van der Waals surface area contributed by atoms with Crippen molar-refractivity contribution in [3.05, 3.63) is 69.7 Å². The van der Waals surface area contributed by atoms with Crippen LogP contribution in [0.2, 0.25) is 0 Å². The van der Waals surface area contributed by atoms with Crippen LogP contribution >= 0.6 is 11.3 Å². The summed E-state index contributed by atoms with van der Waals surface area (Å²) in [4.78, 5) is 32.5. The fourth-order valence-electron chi connectivity index (χ4n) is 6.27. The molecule has 1 amide bonds. The number of pyridine rings is 1. The molecule has 0 saturated heterocycles. The average molecular weight is 589 g/mol. The zero-order valence-corrected chi connectivity index (χ0v) is 26.1. The maximum atomic E-state index is 13.4. The van der Waals surface area contributed by atoms with Gasteiger partial charge in [-0.05, 0) is 104 Å². The van der Waals surface area contributed by atoms with E-state index in [0.717, 1.165) is 71.0 Å². The Balaban J connectivity index is 1.36. The van der Waals surface area contributed by atoms with E-state index in [4.69, 9.17) is 9.72 Å². The van der Waals surface area contributed by atoms with E-state index >= 15 is 0 Å². The summed E-state index contributed by atoms with van der Waals surface area (Å²) in [7, 11) is 0. The number of rotatable bonds is 11. The van der Waals surface area contributed by atoms with E-state index in [0.29, 0.717) is 11.8 Å². The minimum absolute atomic E-state index is 0.228. The Labute approximate surface area is 253 Å². The number of fused-ring (bicyclic) bond motifs is 1. The van der Waals surface area contributed by atoms with E-state index in [1.807, 2.05) is 24.3 Å². The van der Waals surface area contributed by atoms with Gasteiger partial charge >= 0.3 is 5.97 Å².